The third-order valence-corrected chi connectivity index (χ3v) is 8.38. The van der Waals surface area contributed by atoms with Crippen LogP contribution >= 0.6 is 0 Å². The van der Waals surface area contributed by atoms with Crippen molar-refractivity contribution in [2.45, 2.75) is 26.4 Å². The van der Waals surface area contributed by atoms with Crippen LogP contribution < -0.4 is 20.3 Å². The number of benzene rings is 1. The van der Waals surface area contributed by atoms with Crippen molar-refractivity contribution in [1.29, 1.82) is 0 Å². The van der Waals surface area contributed by atoms with Gasteiger partial charge in [-0.2, -0.15) is 5.10 Å². The van der Waals surface area contributed by atoms with Gasteiger partial charge in [-0.15, -0.1) is 0 Å². The van der Waals surface area contributed by atoms with Gasteiger partial charge < -0.3 is 30.0 Å². The number of aromatic amines is 1. The average molecular weight is 624 g/mol. The standard InChI is InChI=1S/C32H37N11O3/c1-20-14-34-31(38-27-13-21(2)41(3)40-27)39-29(20)25-17-33-30-24(25)5-4-6-26(30)37-28(44)19-42-8-7-22(18-42)46-23-15-35-32(36-16-23)43-9-11-45-12-10-43/h4-6,13-17,22,33H,7-12,18-19H2,1-3H3,(H,37,44)(H,34,38,39,40)/t22-/m0/s1. The smallest absolute Gasteiger partial charge is 0.238 e. The molecule has 2 aliphatic heterocycles. The Morgan fingerprint density at radius 2 is 1.93 bits per heavy atom. The summed E-state index contributed by atoms with van der Waals surface area (Å²) in [6.07, 6.45) is 7.95. The van der Waals surface area contributed by atoms with Gasteiger partial charge in [-0.1, -0.05) is 12.1 Å². The van der Waals surface area contributed by atoms with E-state index in [-0.39, 0.29) is 18.6 Å². The van der Waals surface area contributed by atoms with Crippen LogP contribution in [0, 0.1) is 13.8 Å². The van der Waals surface area contributed by atoms with E-state index in [1.165, 1.54) is 0 Å². The SMILES string of the molecule is Cc1cnc(Nc2cc(C)n(C)n2)nc1-c1c[nH]c2c(NC(=O)CN3CC[C@H](Oc4cnc(N5CCOCC5)nc4)C3)cccc12. The monoisotopic (exact) mass is 623 g/mol. The van der Waals surface area contributed by atoms with E-state index >= 15 is 0 Å². The van der Waals surface area contributed by atoms with Gasteiger partial charge in [0.2, 0.25) is 17.8 Å². The number of para-hydroxylation sites is 1. The first-order valence-electron chi connectivity index (χ1n) is 15.4. The lowest BCUT2D eigenvalue weighted by Crippen LogP contribution is -2.37. The van der Waals surface area contributed by atoms with Gasteiger partial charge in [-0.05, 0) is 31.9 Å². The van der Waals surface area contributed by atoms with Gasteiger partial charge >= 0.3 is 0 Å². The molecule has 14 nitrogen and oxygen atoms in total. The molecule has 0 bridgehead atoms. The van der Waals surface area contributed by atoms with E-state index in [4.69, 9.17) is 14.5 Å². The fourth-order valence-corrected chi connectivity index (χ4v) is 5.88. The molecule has 0 spiro atoms. The first-order chi connectivity index (χ1) is 22.4. The van der Waals surface area contributed by atoms with E-state index in [0.717, 1.165) is 59.5 Å². The molecule has 0 saturated carbocycles. The Hall–Kier alpha value is -5.08. The second kappa shape index (κ2) is 12.7. The predicted molar refractivity (Wildman–Crippen MR) is 174 cm³/mol. The summed E-state index contributed by atoms with van der Waals surface area (Å²) in [7, 11) is 1.89. The van der Waals surface area contributed by atoms with Gasteiger partial charge in [-0.25, -0.2) is 19.9 Å². The lowest BCUT2D eigenvalue weighted by atomic mass is 10.1. The number of carbonyl (C=O) groups is 1. The summed E-state index contributed by atoms with van der Waals surface area (Å²) >= 11 is 0. The maximum Gasteiger partial charge on any atom is 0.238 e. The first-order valence-corrected chi connectivity index (χ1v) is 15.4. The van der Waals surface area contributed by atoms with Crippen LogP contribution in [0.1, 0.15) is 17.7 Å². The molecule has 7 rings (SSSR count). The summed E-state index contributed by atoms with van der Waals surface area (Å²) in [5.41, 5.74) is 5.23. The minimum absolute atomic E-state index is 0.0304. The molecule has 1 aromatic carbocycles. The van der Waals surface area contributed by atoms with Crippen molar-refractivity contribution in [2.24, 2.45) is 7.05 Å². The zero-order valence-corrected chi connectivity index (χ0v) is 26.2. The number of hydrogen-bond donors (Lipinski definition) is 3. The zero-order valence-electron chi connectivity index (χ0n) is 26.2. The van der Waals surface area contributed by atoms with E-state index in [2.05, 4.69) is 45.5 Å². The van der Waals surface area contributed by atoms with Gasteiger partial charge in [-0.3, -0.25) is 14.4 Å². The molecule has 2 aliphatic rings. The summed E-state index contributed by atoms with van der Waals surface area (Å²) in [5.74, 6) is 2.38. The Morgan fingerprint density at radius 1 is 1.11 bits per heavy atom. The first kappa shape index (κ1) is 29.6. The molecule has 3 N–H and O–H groups in total. The number of rotatable bonds is 9. The number of nitrogens with zero attached hydrogens (tertiary/aromatic N) is 8. The molecule has 6 heterocycles. The largest absolute Gasteiger partial charge is 0.486 e. The summed E-state index contributed by atoms with van der Waals surface area (Å²) in [6, 6.07) is 7.81. The third kappa shape index (κ3) is 6.34. The third-order valence-electron chi connectivity index (χ3n) is 8.38. The van der Waals surface area contributed by atoms with Crippen LogP contribution in [-0.2, 0) is 16.6 Å². The molecule has 1 atom stereocenters. The quantitative estimate of drug-likeness (QED) is 0.222. The van der Waals surface area contributed by atoms with E-state index in [1.54, 1.807) is 23.3 Å². The summed E-state index contributed by atoms with van der Waals surface area (Å²) in [4.78, 5) is 38.9. The Labute approximate surface area is 266 Å². The number of aromatic nitrogens is 7. The van der Waals surface area contributed by atoms with Gasteiger partial charge in [0.05, 0.1) is 49.1 Å². The van der Waals surface area contributed by atoms with Crippen molar-refractivity contribution in [3.05, 3.63) is 60.3 Å². The topological polar surface area (TPSA) is 151 Å². The number of amides is 1. The van der Waals surface area contributed by atoms with Crippen LogP contribution in [0.4, 0.5) is 23.4 Å². The molecule has 46 heavy (non-hydrogen) atoms. The number of fused-ring (bicyclic) bond motifs is 1. The lowest BCUT2D eigenvalue weighted by Gasteiger charge is -2.26. The number of likely N-dealkylation sites (tertiary alicyclic amines) is 1. The molecule has 238 valence electrons. The van der Waals surface area contributed by atoms with Crippen LogP contribution in [0.3, 0.4) is 0 Å². The van der Waals surface area contributed by atoms with E-state index in [1.807, 2.05) is 51.4 Å². The van der Waals surface area contributed by atoms with Crippen molar-refractivity contribution in [3.63, 3.8) is 0 Å². The predicted octanol–water partition coefficient (Wildman–Crippen LogP) is 3.44. The molecule has 14 heteroatoms. The highest BCUT2D eigenvalue weighted by molar-refractivity contribution is 6.06. The van der Waals surface area contributed by atoms with Gasteiger partial charge in [0.1, 0.15) is 6.10 Å². The van der Waals surface area contributed by atoms with Crippen LogP contribution in [-0.4, -0.2) is 97.5 Å². The highest BCUT2D eigenvalue weighted by atomic mass is 16.5. The van der Waals surface area contributed by atoms with Crippen LogP contribution in [0.5, 0.6) is 5.75 Å². The Balaban J connectivity index is 0.977. The van der Waals surface area contributed by atoms with Crippen molar-refractivity contribution in [2.75, 3.05) is 61.5 Å². The molecular weight excluding hydrogens is 586 g/mol. The van der Waals surface area contributed by atoms with Gasteiger partial charge in [0.25, 0.3) is 0 Å². The normalized spacial score (nSPS) is 17.0. The van der Waals surface area contributed by atoms with E-state index in [0.29, 0.717) is 48.9 Å². The minimum Gasteiger partial charge on any atom is -0.486 e. The molecule has 2 saturated heterocycles. The Kier molecular flexibility index (Phi) is 8.20. The highest BCUT2D eigenvalue weighted by Crippen LogP contribution is 2.33. The van der Waals surface area contributed by atoms with Gasteiger partial charge in [0, 0.05) is 68.3 Å². The fourth-order valence-electron chi connectivity index (χ4n) is 5.88. The van der Waals surface area contributed by atoms with Gasteiger partial charge in [0.15, 0.2) is 11.6 Å². The number of nitrogens with one attached hydrogen (secondary N) is 3. The average Bonchev–Trinajstić information content (AvgIpc) is 3.77. The van der Waals surface area contributed by atoms with Crippen LogP contribution in [0.15, 0.2) is 49.1 Å². The number of anilines is 4. The Bertz CT molecular complexity index is 1830. The molecule has 2 fully saturated rings. The number of ether oxygens (including phenoxy) is 2. The lowest BCUT2D eigenvalue weighted by molar-refractivity contribution is -0.117. The second-order valence-corrected chi connectivity index (χ2v) is 11.7. The Morgan fingerprint density at radius 3 is 2.72 bits per heavy atom. The van der Waals surface area contributed by atoms with E-state index < -0.39 is 0 Å². The summed E-state index contributed by atoms with van der Waals surface area (Å²) in [5, 5.41) is 11.7. The summed E-state index contributed by atoms with van der Waals surface area (Å²) in [6.45, 7) is 8.59. The van der Waals surface area contributed by atoms with Crippen LogP contribution in [0.25, 0.3) is 22.2 Å². The molecule has 0 aliphatic carbocycles. The molecule has 4 aromatic heterocycles. The number of hydrogen-bond acceptors (Lipinski definition) is 11. The molecular formula is C32H37N11O3. The van der Waals surface area contributed by atoms with Crippen LogP contribution in [0.2, 0.25) is 0 Å². The fraction of sp³-hybridized carbons (Fsp3) is 0.375. The number of aryl methyl sites for hydroxylation is 3. The minimum atomic E-state index is -0.0853. The summed E-state index contributed by atoms with van der Waals surface area (Å²) < 4.78 is 13.3. The number of morpholine rings is 1. The number of H-pyrrole nitrogens is 1. The highest BCUT2D eigenvalue weighted by Gasteiger charge is 2.26. The molecule has 1 amide bonds. The molecule has 0 unspecified atom stereocenters. The van der Waals surface area contributed by atoms with Crippen molar-refractivity contribution in [3.8, 4) is 17.0 Å². The second-order valence-electron chi connectivity index (χ2n) is 11.7. The van der Waals surface area contributed by atoms with Crippen molar-refractivity contribution >= 4 is 40.2 Å². The van der Waals surface area contributed by atoms with E-state index in [9.17, 15) is 4.79 Å². The van der Waals surface area contributed by atoms with Crippen molar-refractivity contribution < 1.29 is 14.3 Å². The maximum absolute atomic E-state index is 13.2. The van der Waals surface area contributed by atoms with Crippen molar-refractivity contribution in [1.82, 2.24) is 39.6 Å². The zero-order chi connectivity index (χ0) is 31.6. The number of carbonyl (C=O) groups excluding carboxylic acids is 1. The molecule has 0 radical (unpaired) electrons. The maximum atomic E-state index is 13.2. The molecule has 5 aromatic rings.